The van der Waals surface area contributed by atoms with Crippen molar-refractivity contribution >= 4 is 29.5 Å². The van der Waals surface area contributed by atoms with Crippen molar-refractivity contribution in [1.29, 1.82) is 0 Å². The van der Waals surface area contributed by atoms with Gasteiger partial charge in [0, 0.05) is 24.9 Å². The molecule has 2 aliphatic carbocycles. The summed E-state index contributed by atoms with van der Waals surface area (Å²) in [5.41, 5.74) is 6.22. The molecular weight excluding hydrogens is 863 g/mol. The van der Waals surface area contributed by atoms with Gasteiger partial charge in [-0.25, -0.2) is 9.36 Å². The zero-order valence-corrected chi connectivity index (χ0v) is 39.1. The second-order valence-corrected chi connectivity index (χ2v) is 19.9. The molecule has 5 amide bonds. The van der Waals surface area contributed by atoms with Crippen LogP contribution < -0.4 is 16.0 Å². The molecule has 6 aliphatic rings. The van der Waals surface area contributed by atoms with Gasteiger partial charge in [-0.1, -0.05) is 65.9 Å². The number of aryl methyl sites for hydroxylation is 2. The minimum absolute atomic E-state index is 0.0273. The van der Waals surface area contributed by atoms with E-state index in [1.54, 1.807) is 11.8 Å². The Morgan fingerprint density at radius 3 is 1.69 bits per heavy atom. The van der Waals surface area contributed by atoms with Crippen molar-refractivity contribution in [3.05, 3.63) is 94.6 Å². The number of amides is 5. The number of benzene rings is 2. The molecule has 4 saturated heterocycles. The molecule has 17 nitrogen and oxygen atoms in total. The molecule has 68 heavy (non-hydrogen) atoms. The molecule has 0 unspecified atom stereocenters. The van der Waals surface area contributed by atoms with E-state index in [0.717, 1.165) is 56.9 Å². The number of nitrogens with one attached hydrogen (secondary N) is 3. The molecule has 0 bridgehead atoms. The molecule has 6 heterocycles. The molecule has 360 valence electrons. The van der Waals surface area contributed by atoms with Crippen LogP contribution in [0.5, 0.6) is 0 Å². The van der Waals surface area contributed by atoms with Gasteiger partial charge < -0.3 is 30.5 Å². The molecule has 2 aromatic carbocycles. The SMILES string of the molecule is CCC(=O)N[C@H]1CC[C@@H](n2cc(COCc3cn([C@@H]4CCCC(=O)N5[C@H](CC[C@H]5C(=O)N[C@H]5CCCc6ccccc65)C4)nn3)nn2)C[C@H]2CC[C@@H](C(=O)N[C@@H]3CCCc4ccccc43)N2C1=O. The van der Waals surface area contributed by atoms with Crippen molar-refractivity contribution in [2.24, 2.45) is 0 Å². The standard InChI is InChI=1S/C51H65N11O6/c1-2-47(63)52-44-23-20-37(27-39-22-25-46(62(39)51(44)67)50(66)54-43-18-8-13-33-11-4-6-16-41(33)43)60-29-35(56-58-60)31-68-30-34-28-59(57-55-34)36-14-9-19-48(64)61-38(26-36)21-24-45(61)49(65)53-42-17-7-12-32-10-3-5-15-40(32)42/h3-6,10-11,15-16,28-29,36-39,42-46H,2,7-9,12-14,17-27,30-31H2,1H3,(H,52,63)(H,53,65)(H,54,66)/t36-,37-,38-,39-,42+,43-,44+,45+,46+/m1/s1. The van der Waals surface area contributed by atoms with Gasteiger partial charge in [-0.15, -0.1) is 10.2 Å². The summed E-state index contributed by atoms with van der Waals surface area (Å²) < 4.78 is 9.87. The molecule has 17 heteroatoms. The predicted octanol–water partition coefficient (Wildman–Crippen LogP) is 5.43. The lowest BCUT2D eigenvalue weighted by Gasteiger charge is -2.38. The Bertz CT molecular complexity index is 2490. The monoisotopic (exact) mass is 928 g/mol. The summed E-state index contributed by atoms with van der Waals surface area (Å²) in [6, 6.07) is 14.3. The van der Waals surface area contributed by atoms with E-state index >= 15 is 0 Å². The zero-order chi connectivity index (χ0) is 46.7. The fourth-order valence-electron chi connectivity index (χ4n) is 12.2. The smallest absolute Gasteiger partial charge is 0.246 e. The highest BCUT2D eigenvalue weighted by Gasteiger charge is 2.47. The van der Waals surface area contributed by atoms with Gasteiger partial charge in [-0.3, -0.25) is 24.0 Å². The first-order valence-electron chi connectivity index (χ1n) is 25.3. The van der Waals surface area contributed by atoms with Crippen LogP contribution in [-0.2, 0) is 54.8 Å². The lowest BCUT2D eigenvalue weighted by Crippen LogP contribution is -2.57. The van der Waals surface area contributed by atoms with Crippen LogP contribution >= 0.6 is 0 Å². The van der Waals surface area contributed by atoms with Crippen LogP contribution in [0.15, 0.2) is 60.9 Å². The van der Waals surface area contributed by atoms with Gasteiger partial charge in [0.1, 0.15) is 29.5 Å². The molecular formula is C51H65N11O6. The van der Waals surface area contributed by atoms with Crippen molar-refractivity contribution < 1.29 is 28.7 Å². The van der Waals surface area contributed by atoms with Gasteiger partial charge in [0.2, 0.25) is 29.5 Å². The second kappa shape index (κ2) is 20.3. The van der Waals surface area contributed by atoms with Crippen LogP contribution in [0.25, 0.3) is 0 Å². The number of hydrogen-bond donors (Lipinski definition) is 3. The summed E-state index contributed by atoms with van der Waals surface area (Å²) >= 11 is 0. The molecule has 4 aliphatic heterocycles. The van der Waals surface area contributed by atoms with E-state index in [4.69, 9.17) is 4.74 Å². The number of carbonyl (C=O) groups excluding carboxylic acids is 5. The molecule has 4 fully saturated rings. The Morgan fingerprint density at radius 2 is 1.10 bits per heavy atom. The van der Waals surface area contributed by atoms with Crippen LogP contribution in [0.3, 0.4) is 0 Å². The van der Waals surface area contributed by atoms with E-state index in [1.165, 1.54) is 16.7 Å². The van der Waals surface area contributed by atoms with Crippen molar-refractivity contribution in [2.45, 2.75) is 190 Å². The molecule has 9 atom stereocenters. The van der Waals surface area contributed by atoms with Gasteiger partial charge in [-0.2, -0.15) is 0 Å². The molecule has 0 saturated carbocycles. The third-order valence-electron chi connectivity index (χ3n) is 15.6. The Hall–Kier alpha value is -5.97. The first kappa shape index (κ1) is 45.8. The van der Waals surface area contributed by atoms with Crippen LogP contribution in [0, 0.1) is 0 Å². The third kappa shape index (κ3) is 9.68. The average Bonchev–Trinajstić information content (AvgIpc) is 4.18. The number of nitrogens with zero attached hydrogens (tertiary/aromatic N) is 8. The average molecular weight is 928 g/mol. The summed E-state index contributed by atoms with van der Waals surface area (Å²) in [4.78, 5) is 72.0. The Balaban J connectivity index is 0.748. The summed E-state index contributed by atoms with van der Waals surface area (Å²) in [7, 11) is 0. The number of aromatic nitrogens is 6. The van der Waals surface area contributed by atoms with Crippen molar-refractivity contribution in [3.8, 4) is 0 Å². The largest absolute Gasteiger partial charge is 0.369 e. The summed E-state index contributed by atoms with van der Waals surface area (Å²) in [5.74, 6) is -0.526. The van der Waals surface area contributed by atoms with E-state index in [1.807, 2.05) is 44.9 Å². The van der Waals surface area contributed by atoms with Gasteiger partial charge in [0.15, 0.2) is 0 Å². The summed E-state index contributed by atoms with van der Waals surface area (Å²) in [6.45, 7) is 2.19. The lowest BCUT2D eigenvalue weighted by atomic mass is 9.87. The van der Waals surface area contributed by atoms with E-state index in [2.05, 4.69) is 66.9 Å². The maximum absolute atomic E-state index is 14.3. The third-order valence-corrected chi connectivity index (χ3v) is 15.6. The first-order chi connectivity index (χ1) is 33.2. The number of rotatable bonds is 12. The van der Waals surface area contributed by atoms with Gasteiger partial charge in [0.05, 0.1) is 49.8 Å². The topological polar surface area (TPSA) is 199 Å². The molecule has 10 rings (SSSR count). The lowest BCUT2D eigenvalue weighted by molar-refractivity contribution is -0.144. The predicted molar refractivity (Wildman–Crippen MR) is 249 cm³/mol. The van der Waals surface area contributed by atoms with Gasteiger partial charge in [-0.05, 0) is 125 Å². The highest BCUT2D eigenvalue weighted by molar-refractivity contribution is 5.93. The Morgan fingerprint density at radius 1 is 0.588 bits per heavy atom. The quantitative estimate of drug-likeness (QED) is 0.165. The highest BCUT2D eigenvalue weighted by Crippen LogP contribution is 2.39. The van der Waals surface area contributed by atoms with Crippen LogP contribution in [0.1, 0.15) is 167 Å². The minimum Gasteiger partial charge on any atom is -0.369 e. The zero-order valence-electron chi connectivity index (χ0n) is 39.1. The second-order valence-electron chi connectivity index (χ2n) is 19.9. The molecule has 3 N–H and O–H groups in total. The normalized spacial score (nSPS) is 28.2. The number of carbonyl (C=O) groups is 5. The van der Waals surface area contributed by atoms with Crippen LogP contribution in [-0.4, -0.2) is 99.5 Å². The first-order valence-corrected chi connectivity index (χ1v) is 25.3. The fraction of sp³-hybridized carbons (Fsp3) is 0.588. The number of ether oxygens (including phenoxy) is 1. The van der Waals surface area contributed by atoms with E-state index in [9.17, 15) is 24.0 Å². The molecule has 0 radical (unpaired) electrons. The van der Waals surface area contributed by atoms with Gasteiger partial charge >= 0.3 is 0 Å². The Labute approximate surface area is 397 Å². The van der Waals surface area contributed by atoms with Gasteiger partial charge in [0.25, 0.3) is 0 Å². The van der Waals surface area contributed by atoms with Crippen LogP contribution in [0.2, 0.25) is 0 Å². The van der Waals surface area contributed by atoms with E-state index < -0.39 is 18.1 Å². The Kier molecular flexibility index (Phi) is 13.7. The molecule has 0 spiro atoms. The highest BCUT2D eigenvalue weighted by atomic mass is 16.5. The van der Waals surface area contributed by atoms with Crippen molar-refractivity contribution in [3.63, 3.8) is 0 Å². The summed E-state index contributed by atoms with van der Waals surface area (Å²) in [5, 5.41) is 27.5. The number of fused-ring (bicyclic) bond motifs is 4. The molecule has 4 aromatic rings. The van der Waals surface area contributed by atoms with E-state index in [0.29, 0.717) is 69.2 Å². The molecule has 2 aromatic heterocycles. The fourth-order valence-corrected chi connectivity index (χ4v) is 12.2. The number of hydrogen-bond acceptors (Lipinski definition) is 10. The van der Waals surface area contributed by atoms with Crippen molar-refractivity contribution in [1.82, 2.24) is 55.7 Å². The summed E-state index contributed by atoms with van der Waals surface area (Å²) in [6.07, 6.45) is 16.7. The van der Waals surface area contributed by atoms with E-state index in [-0.39, 0.29) is 85.4 Å². The maximum Gasteiger partial charge on any atom is 0.246 e. The maximum atomic E-state index is 14.3. The minimum atomic E-state index is -0.744. The van der Waals surface area contributed by atoms with Crippen LogP contribution in [0.4, 0.5) is 0 Å². The van der Waals surface area contributed by atoms with Crippen molar-refractivity contribution in [2.75, 3.05) is 0 Å².